The molecule has 1 fully saturated rings. The van der Waals surface area contributed by atoms with Crippen LogP contribution >= 0.6 is 11.6 Å². The molecule has 1 heterocycles. The monoisotopic (exact) mass is 352 g/mol. The molecule has 2 unspecified atom stereocenters. The number of nitrogens with zero attached hydrogens (tertiary/aromatic N) is 1. The summed E-state index contributed by atoms with van der Waals surface area (Å²) in [7, 11) is 3.09. The molecule has 1 aliphatic heterocycles. The zero-order valence-corrected chi connectivity index (χ0v) is 15.2. The number of carbonyl (C=O) groups is 1. The van der Waals surface area contributed by atoms with Crippen LogP contribution in [-0.4, -0.2) is 44.2 Å². The Morgan fingerprint density at radius 1 is 1.42 bits per heavy atom. The maximum absolute atomic E-state index is 12.4. The van der Waals surface area contributed by atoms with Crippen LogP contribution in [0.3, 0.4) is 0 Å². The van der Waals surface area contributed by atoms with Gasteiger partial charge >= 0.3 is 0 Å². The van der Waals surface area contributed by atoms with Gasteiger partial charge in [0.05, 0.1) is 19.2 Å². The van der Waals surface area contributed by atoms with Crippen molar-refractivity contribution in [2.45, 2.75) is 25.8 Å². The Labute approximate surface area is 148 Å². The summed E-state index contributed by atoms with van der Waals surface area (Å²) in [6.45, 7) is 3.49. The highest BCUT2D eigenvalue weighted by Crippen LogP contribution is 2.36. The number of hydrogen-bond acceptors (Lipinski definition) is 4. The second-order valence-corrected chi connectivity index (χ2v) is 6.52. The molecule has 1 aromatic carbocycles. The SMILES string of the molecule is COc1cc(/C=C/C(=O)N2CCCC(C(C)N)C2)cc(Cl)c1OC. The molecule has 1 saturated heterocycles. The molecule has 6 heteroatoms. The van der Waals surface area contributed by atoms with E-state index in [1.807, 2.05) is 11.8 Å². The highest BCUT2D eigenvalue weighted by molar-refractivity contribution is 6.32. The molecular formula is C18H25ClN2O3. The lowest BCUT2D eigenvalue weighted by molar-refractivity contribution is -0.127. The summed E-state index contributed by atoms with van der Waals surface area (Å²) in [6.07, 6.45) is 5.39. The number of halogens is 1. The van der Waals surface area contributed by atoms with E-state index in [2.05, 4.69) is 0 Å². The van der Waals surface area contributed by atoms with Crippen LogP contribution in [0.5, 0.6) is 11.5 Å². The number of hydrogen-bond donors (Lipinski definition) is 1. The van der Waals surface area contributed by atoms with E-state index in [1.54, 1.807) is 31.4 Å². The van der Waals surface area contributed by atoms with E-state index < -0.39 is 0 Å². The van der Waals surface area contributed by atoms with Crippen LogP contribution in [-0.2, 0) is 4.79 Å². The minimum absolute atomic E-state index is 0.00810. The standard InChI is InChI=1S/C18H25ClN2O3/c1-12(20)14-5-4-8-21(11-14)17(22)7-6-13-9-15(19)18(24-3)16(10-13)23-2/h6-7,9-10,12,14H,4-5,8,11,20H2,1-3H3/b7-6+. The van der Waals surface area contributed by atoms with Gasteiger partial charge in [0, 0.05) is 25.2 Å². The molecule has 0 aromatic heterocycles. The molecule has 2 N–H and O–H groups in total. The first-order valence-electron chi connectivity index (χ1n) is 8.10. The number of benzene rings is 1. The van der Waals surface area contributed by atoms with Crippen molar-refractivity contribution in [2.75, 3.05) is 27.3 Å². The third-order valence-corrected chi connectivity index (χ3v) is 4.67. The van der Waals surface area contributed by atoms with Gasteiger partial charge in [-0.25, -0.2) is 0 Å². The topological polar surface area (TPSA) is 64.8 Å². The van der Waals surface area contributed by atoms with Gasteiger partial charge < -0.3 is 20.1 Å². The minimum atomic E-state index is -0.00810. The highest BCUT2D eigenvalue weighted by Gasteiger charge is 2.24. The number of rotatable bonds is 5. The summed E-state index contributed by atoms with van der Waals surface area (Å²) in [5.74, 6) is 1.38. The molecule has 0 radical (unpaired) electrons. The fourth-order valence-electron chi connectivity index (χ4n) is 2.95. The van der Waals surface area contributed by atoms with Gasteiger partial charge in [-0.1, -0.05) is 11.6 Å². The molecule has 1 aliphatic rings. The predicted octanol–water partition coefficient (Wildman–Crippen LogP) is 2.96. The van der Waals surface area contributed by atoms with E-state index in [4.69, 9.17) is 26.8 Å². The molecule has 2 rings (SSSR count). The second-order valence-electron chi connectivity index (χ2n) is 6.12. The van der Waals surface area contributed by atoms with Crippen molar-refractivity contribution in [3.8, 4) is 11.5 Å². The number of nitrogens with two attached hydrogens (primary N) is 1. The lowest BCUT2D eigenvalue weighted by atomic mass is 9.92. The maximum atomic E-state index is 12.4. The van der Waals surface area contributed by atoms with Gasteiger partial charge in [0.1, 0.15) is 0 Å². The number of carbonyl (C=O) groups excluding carboxylic acids is 1. The van der Waals surface area contributed by atoms with E-state index in [1.165, 1.54) is 7.11 Å². The molecule has 5 nitrogen and oxygen atoms in total. The average molecular weight is 353 g/mol. The zero-order valence-electron chi connectivity index (χ0n) is 14.4. The van der Waals surface area contributed by atoms with Gasteiger partial charge in [0.2, 0.25) is 5.91 Å². The largest absolute Gasteiger partial charge is 0.493 e. The summed E-state index contributed by atoms with van der Waals surface area (Å²) >= 11 is 6.18. The Morgan fingerprint density at radius 3 is 2.79 bits per heavy atom. The predicted molar refractivity (Wildman–Crippen MR) is 96.5 cm³/mol. The van der Waals surface area contributed by atoms with Gasteiger partial charge in [-0.05, 0) is 49.5 Å². The Hall–Kier alpha value is -1.72. The molecular weight excluding hydrogens is 328 g/mol. The van der Waals surface area contributed by atoms with Crippen molar-refractivity contribution in [1.29, 1.82) is 0 Å². The fraction of sp³-hybridized carbons (Fsp3) is 0.500. The summed E-state index contributed by atoms with van der Waals surface area (Å²) in [5, 5.41) is 0.443. The van der Waals surface area contributed by atoms with Gasteiger partial charge in [-0.3, -0.25) is 4.79 Å². The second kappa shape index (κ2) is 8.40. The quantitative estimate of drug-likeness (QED) is 0.827. The third kappa shape index (κ3) is 4.42. The Bertz CT molecular complexity index is 617. The van der Waals surface area contributed by atoms with Crippen molar-refractivity contribution < 1.29 is 14.3 Å². The minimum Gasteiger partial charge on any atom is -0.493 e. The molecule has 132 valence electrons. The molecule has 0 bridgehead atoms. The Kier molecular flexibility index (Phi) is 6.52. The number of likely N-dealkylation sites (tertiary alicyclic amines) is 1. The van der Waals surface area contributed by atoms with Crippen LogP contribution in [0.15, 0.2) is 18.2 Å². The van der Waals surface area contributed by atoms with Crippen LogP contribution in [0.25, 0.3) is 6.08 Å². The summed E-state index contributed by atoms with van der Waals surface area (Å²) in [6, 6.07) is 3.64. The van der Waals surface area contributed by atoms with E-state index >= 15 is 0 Å². The number of piperidine rings is 1. The molecule has 24 heavy (non-hydrogen) atoms. The molecule has 0 aliphatic carbocycles. The van der Waals surface area contributed by atoms with Crippen LogP contribution in [0.1, 0.15) is 25.3 Å². The van der Waals surface area contributed by atoms with Gasteiger partial charge in [-0.15, -0.1) is 0 Å². The summed E-state index contributed by atoms with van der Waals surface area (Å²) < 4.78 is 10.5. The van der Waals surface area contributed by atoms with Crippen LogP contribution in [0, 0.1) is 5.92 Å². The van der Waals surface area contributed by atoms with Gasteiger partial charge in [0.25, 0.3) is 0 Å². The number of amides is 1. The zero-order chi connectivity index (χ0) is 17.7. The average Bonchev–Trinajstić information content (AvgIpc) is 2.59. The molecule has 0 saturated carbocycles. The first-order valence-corrected chi connectivity index (χ1v) is 8.48. The molecule has 2 atom stereocenters. The van der Waals surface area contributed by atoms with E-state index in [9.17, 15) is 4.79 Å². The van der Waals surface area contributed by atoms with Gasteiger partial charge in [-0.2, -0.15) is 0 Å². The van der Waals surface area contributed by atoms with E-state index in [0.29, 0.717) is 29.0 Å². The van der Waals surface area contributed by atoms with Crippen LogP contribution in [0.4, 0.5) is 0 Å². The molecule has 1 aromatic rings. The first-order chi connectivity index (χ1) is 11.5. The number of ether oxygens (including phenoxy) is 2. The van der Waals surface area contributed by atoms with E-state index in [0.717, 1.165) is 24.9 Å². The van der Waals surface area contributed by atoms with Crippen molar-refractivity contribution in [3.63, 3.8) is 0 Å². The lowest BCUT2D eigenvalue weighted by Crippen LogP contribution is -2.44. The van der Waals surface area contributed by atoms with Crippen LogP contribution in [0.2, 0.25) is 5.02 Å². The van der Waals surface area contributed by atoms with Crippen molar-refractivity contribution in [3.05, 3.63) is 28.8 Å². The van der Waals surface area contributed by atoms with Crippen molar-refractivity contribution in [2.24, 2.45) is 11.7 Å². The van der Waals surface area contributed by atoms with Crippen molar-refractivity contribution in [1.82, 2.24) is 4.90 Å². The fourth-order valence-corrected chi connectivity index (χ4v) is 3.24. The first kappa shape index (κ1) is 18.6. The van der Waals surface area contributed by atoms with Crippen LogP contribution < -0.4 is 15.2 Å². The molecule has 1 amide bonds. The van der Waals surface area contributed by atoms with E-state index in [-0.39, 0.29) is 11.9 Å². The Balaban J connectivity index is 2.10. The van der Waals surface area contributed by atoms with Gasteiger partial charge in [0.15, 0.2) is 11.5 Å². The summed E-state index contributed by atoms with van der Waals surface area (Å²) in [4.78, 5) is 14.3. The highest BCUT2D eigenvalue weighted by atomic mass is 35.5. The number of methoxy groups -OCH3 is 2. The van der Waals surface area contributed by atoms with Crippen molar-refractivity contribution >= 4 is 23.6 Å². The molecule has 0 spiro atoms. The normalized spacial score (nSPS) is 19.4. The Morgan fingerprint density at radius 2 is 2.17 bits per heavy atom. The third-order valence-electron chi connectivity index (χ3n) is 4.39. The maximum Gasteiger partial charge on any atom is 0.246 e. The lowest BCUT2D eigenvalue weighted by Gasteiger charge is -2.34. The smallest absolute Gasteiger partial charge is 0.246 e. The summed E-state index contributed by atoms with van der Waals surface area (Å²) in [5.41, 5.74) is 6.76.